The van der Waals surface area contributed by atoms with E-state index in [0.29, 0.717) is 34.6 Å². The summed E-state index contributed by atoms with van der Waals surface area (Å²) in [5, 5.41) is 6.83. The normalized spacial score (nSPS) is 10.7. The van der Waals surface area contributed by atoms with Gasteiger partial charge in [-0.1, -0.05) is 23.4 Å². The molecular weight excluding hydrogens is 347 g/mol. The molecule has 0 aliphatic heterocycles. The number of pyridine rings is 1. The molecule has 1 amide bonds. The highest BCUT2D eigenvalue weighted by molar-refractivity contribution is 5.94. The highest BCUT2D eigenvalue weighted by atomic mass is 19.1. The Kier molecular flexibility index (Phi) is 4.49. The number of nitrogens with one attached hydrogen (secondary N) is 2. The van der Waals surface area contributed by atoms with Crippen LogP contribution in [0.3, 0.4) is 0 Å². The van der Waals surface area contributed by atoms with Gasteiger partial charge in [0.15, 0.2) is 0 Å². The maximum Gasteiger partial charge on any atom is 0.267 e. The van der Waals surface area contributed by atoms with E-state index in [-0.39, 0.29) is 11.7 Å². The molecule has 0 unspecified atom stereocenters. The molecule has 7 heteroatoms. The van der Waals surface area contributed by atoms with Crippen molar-refractivity contribution in [3.63, 3.8) is 0 Å². The van der Waals surface area contributed by atoms with Crippen LogP contribution in [-0.4, -0.2) is 21.0 Å². The smallest absolute Gasteiger partial charge is 0.267 e. The Morgan fingerprint density at radius 3 is 2.93 bits per heavy atom. The van der Waals surface area contributed by atoms with Crippen LogP contribution in [0.15, 0.2) is 71.8 Å². The molecule has 0 saturated heterocycles. The first-order chi connectivity index (χ1) is 13.2. The second-order valence-corrected chi connectivity index (χ2v) is 5.93. The van der Waals surface area contributed by atoms with E-state index in [2.05, 4.69) is 20.4 Å². The lowest BCUT2D eigenvalue weighted by Crippen LogP contribution is -2.23. The van der Waals surface area contributed by atoms with Gasteiger partial charge in [0.2, 0.25) is 0 Å². The van der Waals surface area contributed by atoms with Gasteiger partial charge < -0.3 is 14.8 Å². The van der Waals surface area contributed by atoms with Gasteiger partial charge >= 0.3 is 0 Å². The van der Waals surface area contributed by atoms with Crippen molar-refractivity contribution in [2.75, 3.05) is 0 Å². The molecule has 4 rings (SSSR count). The molecule has 0 atom stereocenters. The summed E-state index contributed by atoms with van der Waals surface area (Å²) in [4.78, 5) is 19.3. The minimum Gasteiger partial charge on any atom is -0.363 e. The van der Waals surface area contributed by atoms with Crippen molar-refractivity contribution in [3.05, 3.63) is 84.4 Å². The van der Waals surface area contributed by atoms with Crippen molar-refractivity contribution in [2.45, 2.75) is 6.54 Å². The SMILES string of the molecule is O=C(NCc1cccnc1)c1cc(-c2nocc2-c2cccc(F)c2)c[nH]1. The number of halogens is 1. The molecular formula is C20H15FN4O2. The average Bonchev–Trinajstić information content (AvgIpc) is 3.36. The molecule has 0 bridgehead atoms. The summed E-state index contributed by atoms with van der Waals surface area (Å²) in [7, 11) is 0. The molecule has 0 aliphatic carbocycles. The number of hydrogen-bond donors (Lipinski definition) is 2. The van der Waals surface area contributed by atoms with Gasteiger partial charge in [-0.05, 0) is 35.4 Å². The lowest BCUT2D eigenvalue weighted by atomic mass is 10.0. The zero-order valence-corrected chi connectivity index (χ0v) is 14.1. The van der Waals surface area contributed by atoms with Crippen molar-refractivity contribution in [2.24, 2.45) is 0 Å². The molecule has 0 aliphatic rings. The predicted octanol–water partition coefficient (Wildman–Crippen LogP) is 3.80. The number of amides is 1. The number of hydrogen-bond acceptors (Lipinski definition) is 4. The van der Waals surface area contributed by atoms with E-state index in [4.69, 9.17) is 4.52 Å². The standard InChI is InChI=1S/C20H15FN4O2/c21-16-5-1-4-14(7-16)17-12-27-25-19(17)15-8-18(23-11-15)20(26)24-10-13-3-2-6-22-9-13/h1-9,11-12,23H,10H2,(H,24,26). The monoisotopic (exact) mass is 362 g/mol. The third kappa shape index (κ3) is 3.62. The predicted molar refractivity (Wildman–Crippen MR) is 97.1 cm³/mol. The van der Waals surface area contributed by atoms with Crippen LogP contribution in [0.1, 0.15) is 16.1 Å². The maximum absolute atomic E-state index is 13.5. The topological polar surface area (TPSA) is 83.8 Å². The Hall–Kier alpha value is -3.74. The molecule has 0 saturated carbocycles. The number of carbonyl (C=O) groups excluding carboxylic acids is 1. The maximum atomic E-state index is 13.5. The van der Waals surface area contributed by atoms with Crippen LogP contribution < -0.4 is 5.32 Å². The van der Waals surface area contributed by atoms with Crippen LogP contribution in [0.25, 0.3) is 22.4 Å². The van der Waals surface area contributed by atoms with Gasteiger partial charge in [0.25, 0.3) is 5.91 Å². The minimum absolute atomic E-state index is 0.249. The molecule has 3 heterocycles. The average molecular weight is 362 g/mol. The third-order valence-electron chi connectivity index (χ3n) is 4.08. The number of carbonyl (C=O) groups is 1. The summed E-state index contributed by atoms with van der Waals surface area (Å²) >= 11 is 0. The Morgan fingerprint density at radius 1 is 1.19 bits per heavy atom. The fourth-order valence-electron chi connectivity index (χ4n) is 2.75. The van der Waals surface area contributed by atoms with Gasteiger partial charge in [-0.3, -0.25) is 9.78 Å². The van der Waals surface area contributed by atoms with Crippen LogP contribution in [0.5, 0.6) is 0 Å². The van der Waals surface area contributed by atoms with E-state index < -0.39 is 0 Å². The molecule has 3 aromatic heterocycles. The van der Waals surface area contributed by atoms with Gasteiger partial charge in [0.1, 0.15) is 23.5 Å². The third-order valence-corrected chi connectivity index (χ3v) is 4.08. The molecule has 0 radical (unpaired) electrons. The van der Waals surface area contributed by atoms with Crippen LogP contribution in [0.2, 0.25) is 0 Å². The van der Waals surface area contributed by atoms with Gasteiger partial charge in [-0.2, -0.15) is 0 Å². The number of nitrogens with zero attached hydrogens (tertiary/aromatic N) is 2. The zero-order chi connectivity index (χ0) is 18.6. The highest BCUT2D eigenvalue weighted by Gasteiger charge is 2.16. The first-order valence-electron chi connectivity index (χ1n) is 8.27. The van der Waals surface area contributed by atoms with Crippen LogP contribution in [0.4, 0.5) is 4.39 Å². The molecule has 27 heavy (non-hydrogen) atoms. The summed E-state index contributed by atoms with van der Waals surface area (Å²) in [6, 6.07) is 11.5. The molecule has 6 nitrogen and oxygen atoms in total. The molecule has 2 N–H and O–H groups in total. The van der Waals surface area contributed by atoms with Crippen molar-refractivity contribution in [1.29, 1.82) is 0 Å². The van der Waals surface area contributed by atoms with E-state index in [1.165, 1.54) is 18.4 Å². The second-order valence-electron chi connectivity index (χ2n) is 5.93. The van der Waals surface area contributed by atoms with Gasteiger partial charge in [-0.15, -0.1) is 0 Å². The number of aromatic nitrogens is 3. The lowest BCUT2D eigenvalue weighted by Gasteiger charge is -2.03. The summed E-state index contributed by atoms with van der Waals surface area (Å²) < 4.78 is 18.6. The summed E-state index contributed by atoms with van der Waals surface area (Å²) in [6.45, 7) is 0.375. The van der Waals surface area contributed by atoms with Crippen LogP contribution in [0, 0.1) is 5.82 Å². The largest absolute Gasteiger partial charge is 0.363 e. The molecule has 1 aromatic carbocycles. The minimum atomic E-state index is -0.343. The fourth-order valence-corrected chi connectivity index (χ4v) is 2.75. The number of benzene rings is 1. The van der Waals surface area contributed by atoms with E-state index in [0.717, 1.165) is 5.56 Å². The fraction of sp³-hybridized carbons (Fsp3) is 0.0500. The first-order valence-corrected chi connectivity index (χ1v) is 8.27. The van der Waals surface area contributed by atoms with E-state index in [1.807, 2.05) is 12.1 Å². The van der Waals surface area contributed by atoms with Crippen molar-refractivity contribution in [1.82, 2.24) is 20.4 Å². The zero-order valence-electron chi connectivity index (χ0n) is 14.1. The van der Waals surface area contributed by atoms with Gasteiger partial charge in [0, 0.05) is 36.3 Å². The van der Waals surface area contributed by atoms with Crippen molar-refractivity contribution >= 4 is 5.91 Å². The second kappa shape index (κ2) is 7.25. The van der Waals surface area contributed by atoms with E-state index in [9.17, 15) is 9.18 Å². The van der Waals surface area contributed by atoms with Gasteiger partial charge in [0.05, 0.1) is 0 Å². The Bertz CT molecular complexity index is 1070. The number of H-pyrrole nitrogens is 1. The van der Waals surface area contributed by atoms with Crippen molar-refractivity contribution in [3.8, 4) is 22.4 Å². The molecule has 4 aromatic rings. The van der Waals surface area contributed by atoms with Crippen LogP contribution >= 0.6 is 0 Å². The quantitative estimate of drug-likeness (QED) is 0.566. The summed E-state index contributed by atoms with van der Waals surface area (Å²) in [5.74, 6) is -0.593. The number of rotatable bonds is 5. The summed E-state index contributed by atoms with van der Waals surface area (Å²) in [6.07, 6.45) is 6.50. The molecule has 0 spiro atoms. The Morgan fingerprint density at radius 2 is 2.11 bits per heavy atom. The van der Waals surface area contributed by atoms with Crippen LogP contribution in [-0.2, 0) is 6.54 Å². The van der Waals surface area contributed by atoms with E-state index >= 15 is 0 Å². The van der Waals surface area contributed by atoms with Crippen molar-refractivity contribution < 1.29 is 13.7 Å². The van der Waals surface area contributed by atoms with E-state index in [1.54, 1.807) is 36.8 Å². The number of aromatic amines is 1. The Balaban J connectivity index is 1.53. The first kappa shape index (κ1) is 16.7. The molecule has 134 valence electrons. The lowest BCUT2D eigenvalue weighted by molar-refractivity contribution is 0.0946. The van der Waals surface area contributed by atoms with Gasteiger partial charge in [-0.25, -0.2) is 4.39 Å². The Labute approximate surface area is 154 Å². The highest BCUT2D eigenvalue weighted by Crippen LogP contribution is 2.31. The summed E-state index contributed by atoms with van der Waals surface area (Å²) in [5.41, 5.74) is 3.80. The molecule has 0 fully saturated rings.